The van der Waals surface area contributed by atoms with Gasteiger partial charge in [-0.1, -0.05) is 35.5 Å². The van der Waals surface area contributed by atoms with Crippen molar-refractivity contribution in [2.75, 3.05) is 0 Å². The fourth-order valence-corrected chi connectivity index (χ4v) is 3.22. The van der Waals surface area contributed by atoms with Gasteiger partial charge in [0.2, 0.25) is 0 Å². The maximum atomic E-state index is 11.6. The van der Waals surface area contributed by atoms with E-state index in [2.05, 4.69) is 10.2 Å². The number of H-pyrrole nitrogens is 1. The molecule has 1 aromatic heterocycles. The van der Waals surface area contributed by atoms with Gasteiger partial charge in [0.25, 0.3) is 0 Å². The predicted molar refractivity (Wildman–Crippen MR) is 82.2 cm³/mol. The molecule has 0 fully saturated rings. The van der Waals surface area contributed by atoms with E-state index in [1.807, 2.05) is 38.1 Å². The molecule has 1 aromatic carbocycles. The molecular formula is C13H17ClN4OS. The average Bonchev–Trinajstić information content (AvgIpc) is 2.77. The van der Waals surface area contributed by atoms with E-state index in [0.717, 1.165) is 5.56 Å². The molecule has 0 saturated heterocycles. The number of hydrogen-bond acceptors (Lipinski definition) is 4. The Morgan fingerprint density at radius 1 is 1.45 bits per heavy atom. The summed E-state index contributed by atoms with van der Waals surface area (Å²) in [6, 6.07) is 7.49. The first-order valence-corrected chi connectivity index (χ1v) is 7.61. The largest absolute Gasteiger partial charge is 0.343 e. The van der Waals surface area contributed by atoms with E-state index in [1.54, 1.807) is 4.57 Å². The lowest BCUT2D eigenvalue weighted by Gasteiger charge is -2.20. The van der Waals surface area contributed by atoms with Crippen molar-refractivity contribution < 1.29 is 0 Å². The standard InChI is InChI=1S/C13H17ClN4OS/c1-3-18-12(19)16-17-13(18)20-11(8(2)15)9-4-6-10(14)7-5-9/h4-8,11H,3,15H2,1-2H3,(H,16,19). The van der Waals surface area contributed by atoms with Crippen LogP contribution in [0.4, 0.5) is 0 Å². The number of nitrogens with two attached hydrogens (primary N) is 1. The molecule has 0 bridgehead atoms. The Kier molecular flexibility index (Phi) is 4.91. The molecule has 0 aliphatic heterocycles. The highest BCUT2D eigenvalue weighted by molar-refractivity contribution is 7.99. The molecule has 1 heterocycles. The van der Waals surface area contributed by atoms with Crippen LogP contribution in [-0.2, 0) is 6.54 Å². The normalized spacial score (nSPS) is 14.2. The van der Waals surface area contributed by atoms with Crippen LogP contribution in [0.2, 0.25) is 5.02 Å². The van der Waals surface area contributed by atoms with Crippen LogP contribution in [0.15, 0.2) is 34.2 Å². The molecule has 0 saturated carbocycles. The van der Waals surface area contributed by atoms with Crippen LogP contribution >= 0.6 is 23.4 Å². The smallest absolute Gasteiger partial charge is 0.327 e. The Morgan fingerprint density at radius 3 is 2.65 bits per heavy atom. The molecule has 2 unspecified atom stereocenters. The molecule has 108 valence electrons. The summed E-state index contributed by atoms with van der Waals surface area (Å²) in [6.45, 7) is 4.42. The molecule has 0 aliphatic rings. The van der Waals surface area contributed by atoms with E-state index in [1.165, 1.54) is 11.8 Å². The van der Waals surface area contributed by atoms with Crippen molar-refractivity contribution in [3.63, 3.8) is 0 Å². The summed E-state index contributed by atoms with van der Waals surface area (Å²) in [4.78, 5) is 11.6. The van der Waals surface area contributed by atoms with Gasteiger partial charge in [0.1, 0.15) is 0 Å². The topological polar surface area (TPSA) is 76.7 Å². The van der Waals surface area contributed by atoms with Crippen LogP contribution < -0.4 is 11.4 Å². The molecule has 0 radical (unpaired) electrons. The van der Waals surface area contributed by atoms with Crippen molar-refractivity contribution in [3.8, 4) is 0 Å². The van der Waals surface area contributed by atoms with Gasteiger partial charge in [-0.3, -0.25) is 4.57 Å². The molecule has 2 atom stereocenters. The minimum Gasteiger partial charge on any atom is -0.327 e. The number of nitrogens with one attached hydrogen (secondary N) is 1. The van der Waals surface area contributed by atoms with Gasteiger partial charge in [0.05, 0.1) is 5.25 Å². The third kappa shape index (κ3) is 3.26. The Bertz CT molecular complexity index is 620. The number of aromatic amines is 1. The van der Waals surface area contributed by atoms with E-state index in [0.29, 0.717) is 16.7 Å². The summed E-state index contributed by atoms with van der Waals surface area (Å²) >= 11 is 7.39. The molecule has 7 heteroatoms. The molecule has 5 nitrogen and oxygen atoms in total. The Balaban J connectivity index is 2.30. The first-order valence-electron chi connectivity index (χ1n) is 6.35. The van der Waals surface area contributed by atoms with Gasteiger partial charge in [-0.05, 0) is 31.5 Å². The summed E-state index contributed by atoms with van der Waals surface area (Å²) in [5.74, 6) is 0. The maximum absolute atomic E-state index is 11.6. The number of halogens is 1. The molecule has 0 amide bonds. The highest BCUT2D eigenvalue weighted by Crippen LogP contribution is 2.36. The fraction of sp³-hybridized carbons (Fsp3) is 0.385. The SMILES string of the molecule is CCn1c(SC(c2ccc(Cl)cc2)C(C)N)n[nH]c1=O. The van der Waals surface area contributed by atoms with Crippen molar-refractivity contribution in [1.29, 1.82) is 0 Å². The molecule has 0 spiro atoms. The highest BCUT2D eigenvalue weighted by Gasteiger charge is 2.21. The zero-order chi connectivity index (χ0) is 14.7. The Morgan fingerprint density at radius 2 is 2.10 bits per heavy atom. The lowest BCUT2D eigenvalue weighted by molar-refractivity contribution is 0.652. The zero-order valence-electron chi connectivity index (χ0n) is 11.3. The Hall–Kier alpha value is -1.24. The summed E-state index contributed by atoms with van der Waals surface area (Å²) < 4.78 is 1.59. The second kappa shape index (κ2) is 6.47. The van der Waals surface area contributed by atoms with Crippen molar-refractivity contribution >= 4 is 23.4 Å². The molecular weight excluding hydrogens is 296 g/mol. The second-order valence-electron chi connectivity index (χ2n) is 4.50. The quantitative estimate of drug-likeness (QED) is 0.831. The van der Waals surface area contributed by atoms with Crippen LogP contribution in [-0.4, -0.2) is 20.8 Å². The molecule has 2 aromatic rings. The van der Waals surface area contributed by atoms with Crippen molar-refractivity contribution in [2.24, 2.45) is 5.73 Å². The van der Waals surface area contributed by atoms with E-state index >= 15 is 0 Å². The van der Waals surface area contributed by atoms with Gasteiger partial charge < -0.3 is 5.73 Å². The predicted octanol–water partition coefficient (Wildman–Crippen LogP) is 2.43. The van der Waals surface area contributed by atoms with E-state index in [-0.39, 0.29) is 17.0 Å². The van der Waals surface area contributed by atoms with Crippen molar-refractivity contribution in [3.05, 3.63) is 45.3 Å². The van der Waals surface area contributed by atoms with Crippen LogP contribution in [0.1, 0.15) is 24.7 Å². The highest BCUT2D eigenvalue weighted by atomic mass is 35.5. The second-order valence-corrected chi connectivity index (χ2v) is 6.05. The first-order chi connectivity index (χ1) is 9.52. The van der Waals surface area contributed by atoms with Crippen LogP contribution in [0.5, 0.6) is 0 Å². The van der Waals surface area contributed by atoms with Crippen LogP contribution in [0.3, 0.4) is 0 Å². The third-order valence-corrected chi connectivity index (χ3v) is 4.68. The van der Waals surface area contributed by atoms with E-state index in [9.17, 15) is 4.79 Å². The molecule has 20 heavy (non-hydrogen) atoms. The summed E-state index contributed by atoms with van der Waals surface area (Å²) in [6.07, 6.45) is 0. The minimum atomic E-state index is -0.200. The van der Waals surface area contributed by atoms with E-state index < -0.39 is 0 Å². The number of hydrogen-bond donors (Lipinski definition) is 2. The summed E-state index contributed by atoms with van der Waals surface area (Å²) in [7, 11) is 0. The number of rotatable bonds is 5. The number of aromatic nitrogens is 3. The summed E-state index contributed by atoms with van der Waals surface area (Å²) in [5.41, 5.74) is 6.94. The molecule has 0 aliphatic carbocycles. The fourth-order valence-electron chi connectivity index (χ4n) is 1.92. The maximum Gasteiger partial charge on any atom is 0.343 e. The number of benzene rings is 1. The van der Waals surface area contributed by atoms with Gasteiger partial charge in [0.15, 0.2) is 5.16 Å². The number of nitrogens with zero attached hydrogens (tertiary/aromatic N) is 2. The monoisotopic (exact) mass is 312 g/mol. The lowest BCUT2D eigenvalue weighted by atomic mass is 10.1. The van der Waals surface area contributed by atoms with Gasteiger partial charge in [0, 0.05) is 17.6 Å². The van der Waals surface area contributed by atoms with Gasteiger partial charge in [-0.2, -0.15) is 0 Å². The first kappa shape index (κ1) is 15.2. The third-order valence-electron chi connectivity index (χ3n) is 2.95. The van der Waals surface area contributed by atoms with Crippen LogP contribution in [0, 0.1) is 0 Å². The van der Waals surface area contributed by atoms with Gasteiger partial charge in [-0.15, -0.1) is 5.10 Å². The van der Waals surface area contributed by atoms with Crippen molar-refractivity contribution in [1.82, 2.24) is 14.8 Å². The Labute approximate surface area is 126 Å². The van der Waals surface area contributed by atoms with Crippen LogP contribution in [0.25, 0.3) is 0 Å². The summed E-state index contributed by atoms with van der Waals surface area (Å²) in [5, 5.41) is 7.87. The average molecular weight is 313 g/mol. The van der Waals surface area contributed by atoms with E-state index in [4.69, 9.17) is 17.3 Å². The van der Waals surface area contributed by atoms with Crippen molar-refractivity contribution in [2.45, 2.75) is 36.8 Å². The van der Waals surface area contributed by atoms with Gasteiger partial charge in [-0.25, -0.2) is 9.89 Å². The molecule has 2 rings (SSSR count). The number of thioether (sulfide) groups is 1. The van der Waals surface area contributed by atoms with Gasteiger partial charge >= 0.3 is 5.69 Å². The molecule has 3 N–H and O–H groups in total. The minimum absolute atomic E-state index is 0.00719. The zero-order valence-corrected chi connectivity index (χ0v) is 12.9. The lowest BCUT2D eigenvalue weighted by Crippen LogP contribution is -2.23.